The predicted octanol–water partition coefficient (Wildman–Crippen LogP) is 17.3. The zero-order valence-corrected chi connectivity index (χ0v) is 47.1. The maximum absolute atomic E-state index is 13.4. The number of ether oxygens (including phenoxy) is 1. The number of unbranched alkanes of at least 4 members (excludes halogenated alkanes) is 25. The Labute approximate surface area is 432 Å². The molecule has 0 rings (SSSR count). The molecular weight excluding hydrogens is 892 g/mol. The lowest BCUT2D eigenvalue weighted by Gasteiger charge is -2.27. The number of esters is 1. The molecule has 0 saturated heterocycles. The Balaban J connectivity index is 5.41. The van der Waals surface area contributed by atoms with Crippen LogP contribution >= 0.6 is 7.82 Å². The number of nitrogens with one attached hydrogen (secondary N) is 1. The maximum atomic E-state index is 13.4. The molecule has 0 aromatic carbocycles. The van der Waals surface area contributed by atoms with E-state index in [9.17, 15) is 19.0 Å². The number of quaternary nitrogens is 1. The van der Waals surface area contributed by atoms with Crippen LogP contribution in [0.5, 0.6) is 0 Å². The highest BCUT2D eigenvalue weighted by atomic mass is 31.2. The number of rotatable bonds is 51. The van der Waals surface area contributed by atoms with E-state index in [1.165, 1.54) is 128 Å². The molecule has 0 aromatic rings. The minimum atomic E-state index is -4.46. The van der Waals surface area contributed by atoms with Crippen molar-refractivity contribution in [3.05, 3.63) is 72.9 Å². The van der Waals surface area contributed by atoms with E-state index in [0.717, 1.165) is 70.6 Å². The van der Waals surface area contributed by atoms with Gasteiger partial charge in [0, 0.05) is 12.8 Å². The number of phosphoric acid groups is 1. The van der Waals surface area contributed by atoms with E-state index in [1.54, 1.807) is 0 Å². The van der Waals surface area contributed by atoms with Gasteiger partial charge in [0.05, 0.1) is 33.8 Å². The van der Waals surface area contributed by atoms with Crippen LogP contribution in [0.1, 0.15) is 245 Å². The third-order valence-corrected chi connectivity index (χ3v) is 13.4. The average molecular weight is 1000 g/mol. The molecule has 0 heterocycles. The van der Waals surface area contributed by atoms with Gasteiger partial charge in [-0.15, -0.1) is 0 Å². The van der Waals surface area contributed by atoms with Crippen molar-refractivity contribution in [3.63, 3.8) is 0 Å². The first-order valence-electron chi connectivity index (χ1n) is 28.8. The van der Waals surface area contributed by atoms with Crippen molar-refractivity contribution in [2.45, 2.75) is 258 Å². The Bertz CT molecular complexity index is 1430. The zero-order valence-electron chi connectivity index (χ0n) is 46.2. The van der Waals surface area contributed by atoms with Gasteiger partial charge in [0.2, 0.25) is 5.91 Å². The monoisotopic (exact) mass is 1000 g/mol. The third-order valence-electron chi connectivity index (χ3n) is 12.4. The highest BCUT2D eigenvalue weighted by molar-refractivity contribution is 7.47. The molecule has 0 saturated carbocycles. The molecule has 70 heavy (non-hydrogen) atoms. The maximum Gasteiger partial charge on any atom is 0.472 e. The molecule has 0 aliphatic carbocycles. The van der Waals surface area contributed by atoms with Gasteiger partial charge >= 0.3 is 13.8 Å². The molecule has 3 atom stereocenters. The quantitative estimate of drug-likeness (QED) is 0.0205. The lowest BCUT2D eigenvalue weighted by Crippen LogP contribution is -2.47. The van der Waals surface area contributed by atoms with E-state index < -0.39 is 20.0 Å². The summed E-state index contributed by atoms with van der Waals surface area (Å²) in [7, 11) is 1.45. The second-order valence-corrected chi connectivity index (χ2v) is 21.9. The highest BCUT2D eigenvalue weighted by Gasteiger charge is 2.30. The molecule has 0 aromatic heterocycles. The largest absolute Gasteiger partial charge is 0.472 e. The number of nitrogens with zero attached hydrogens (tertiary/aromatic N) is 1. The first-order valence-corrected chi connectivity index (χ1v) is 30.3. The Morgan fingerprint density at radius 2 is 0.886 bits per heavy atom. The smallest absolute Gasteiger partial charge is 0.456 e. The minimum Gasteiger partial charge on any atom is -0.456 e. The fourth-order valence-corrected chi connectivity index (χ4v) is 8.61. The average Bonchev–Trinajstić information content (AvgIpc) is 3.32. The summed E-state index contributed by atoms with van der Waals surface area (Å²) in [5.74, 6) is -0.600. The Kier molecular flexibility index (Phi) is 48.2. The lowest BCUT2D eigenvalue weighted by molar-refractivity contribution is -0.870. The molecule has 0 radical (unpaired) electrons. The molecule has 2 N–H and O–H groups in total. The number of phosphoric ester groups is 1. The van der Waals surface area contributed by atoms with Gasteiger partial charge in [-0.05, 0) is 89.5 Å². The van der Waals surface area contributed by atoms with E-state index in [2.05, 4.69) is 80.8 Å². The summed E-state index contributed by atoms with van der Waals surface area (Å²) in [4.78, 5) is 37.5. The zero-order chi connectivity index (χ0) is 51.5. The molecular formula is C60H110N2O7P+. The number of hydrogen-bond acceptors (Lipinski definition) is 6. The molecule has 0 fully saturated rings. The number of hydrogen-bond donors (Lipinski definition) is 2. The predicted molar refractivity (Wildman–Crippen MR) is 300 cm³/mol. The van der Waals surface area contributed by atoms with Gasteiger partial charge in [0.15, 0.2) is 0 Å². The summed E-state index contributed by atoms with van der Waals surface area (Å²) in [6, 6.07) is -0.885. The van der Waals surface area contributed by atoms with Crippen LogP contribution in [0.3, 0.4) is 0 Å². The Morgan fingerprint density at radius 1 is 0.500 bits per heavy atom. The number of likely N-dealkylation sites (N-methyl/N-ethyl adjacent to an activating group) is 1. The molecule has 9 nitrogen and oxygen atoms in total. The fraction of sp³-hybridized carbons (Fsp3) is 0.767. The van der Waals surface area contributed by atoms with Crippen LogP contribution in [0.2, 0.25) is 0 Å². The van der Waals surface area contributed by atoms with Crippen molar-refractivity contribution < 1.29 is 37.3 Å². The van der Waals surface area contributed by atoms with Crippen LogP contribution in [0, 0.1) is 0 Å². The third kappa shape index (κ3) is 50.4. The molecule has 0 bridgehead atoms. The van der Waals surface area contributed by atoms with Crippen LogP contribution in [0.25, 0.3) is 0 Å². The first-order chi connectivity index (χ1) is 33.9. The van der Waals surface area contributed by atoms with Gasteiger partial charge in [-0.25, -0.2) is 4.57 Å². The van der Waals surface area contributed by atoms with Gasteiger partial charge in [-0.2, -0.15) is 0 Å². The highest BCUT2D eigenvalue weighted by Crippen LogP contribution is 2.43. The molecule has 0 spiro atoms. The molecule has 406 valence electrons. The van der Waals surface area contributed by atoms with Crippen LogP contribution in [-0.2, 0) is 27.9 Å². The van der Waals surface area contributed by atoms with Crippen LogP contribution in [-0.4, -0.2) is 74.3 Å². The van der Waals surface area contributed by atoms with E-state index >= 15 is 0 Å². The van der Waals surface area contributed by atoms with Crippen LogP contribution < -0.4 is 5.32 Å². The summed E-state index contributed by atoms with van der Waals surface area (Å²) in [6.07, 6.45) is 63.4. The van der Waals surface area contributed by atoms with Crippen LogP contribution in [0.4, 0.5) is 0 Å². The SMILES string of the molecule is CCCCC/C=C\C/C=C\C/C=C\CCCCCCCCC(=O)OC(/C=C\CCCCCCCCCCCC)C(COP(=O)(O)OCC[N+](C)(C)C)NC(=O)CC/C=C/C/C=C\CCCCCCCC. The summed E-state index contributed by atoms with van der Waals surface area (Å²) in [5.41, 5.74) is 0. The van der Waals surface area contributed by atoms with E-state index in [4.69, 9.17) is 13.8 Å². The van der Waals surface area contributed by atoms with Crippen molar-refractivity contribution >= 4 is 19.7 Å². The summed E-state index contributed by atoms with van der Waals surface area (Å²) in [6.45, 7) is 6.91. The summed E-state index contributed by atoms with van der Waals surface area (Å²) < 4.78 is 30.5. The van der Waals surface area contributed by atoms with Gasteiger partial charge in [-0.3, -0.25) is 18.6 Å². The second-order valence-electron chi connectivity index (χ2n) is 20.5. The van der Waals surface area contributed by atoms with Crippen molar-refractivity contribution in [1.82, 2.24) is 5.32 Å². The summed E-state index contributed by atoms with van der Waals surface area (Å²) in [5, 5.41) is 3.00. The minimum absolute atomic E-state index is 0.0265. The number of allylic oxidation sites excluding steroid dienone is 11. The summed E-state index contributed by atoms with van der Waals surface area (Å²) >= 11 is 0. The number of amides is 1. The van der Waals surface area contributed by atoms with E-state index in [1.807, 2.05) is 39.4 Å². The first kappa shape index (κ1) is 67.5. The van der Waals surface area contributed by atoms with E-state index in [0.29, 0.717) is 23.9 Å². The van der Waals surface area contributed by atoms with Crippen molar-refractivity contribution in [2.75, 3.05) is 40.9 Å². The van der Waals surface area contributed by atoms with E-state index in [-0.39, 0.29) is 37.9 Å². The number of carbonyl (C=O) groups is 2. The molecule has 1 amide bonds. The number of carbonyl (C=O) groups excluding carboxylic acids is 2. The standard InChI is InChI=1S/C60H109N2O7P/c1-7-10-13-16-19-22-25-28-29-30-31-32-33-35-38-41-44-47-50-53-60(64)69-58(51-48-45-42-39-36-27-24-21-18-15-12-9-3)57(56-68-70(65,66)67-55-54-62(4,5)6)61-59(63)52-49-46-43-40-37-34-26-23-20-17-14-11-8-2/h19,22,28-29,31-32,34,37,43,46,48,51,57-58H,7-18,20-21,23-27,30,33,35-36,38-42,44-45,47,49-50,52-56H2,1-6H3,(H-,61,63,65,66)/p+1/b22-19-,29-28-,32-31-,37-34-,46-43+,51-48-. The normalized spacial score (nSPS) is 14.3. The topological polar surface area (TPSA) is 111 Å². The molecule has 10 heteroatoms. The Hall–Kier alpha value is -2.55. The lowest BCUT2D eigenvalue weighted by atomic mass is 10.1. The van der Waals surface area contributed by atoms with Gasteiger partial charge in [-0.1, -0.05) is 216 Å². The second kappa shape index (κ2) is 50.0. The molecule has 0 aliphatic rings. The van der Waals surface area contributed by atoms with Gasteiger partial charge < -0.3 is 19.4 Å². The fourth-order valence-electron chi connectivity index (χ4n) is 7.88. The van der Waals surface area contributed by atoms with Crippen LogP contribution in [0.15, 0.2) is 72.9 Å². The van der Waals surface area contributed by atoms with Crippen molar-refractivity contribution in [2.24, 2.45) is 0 Å². The van der Waals surface area contributed by atoms with Crippen molar-refractivity contribution in [1.29, 1.82) is 0 Å². The molecule has 3 unspecified atom stereocenters. The molecule has 0 aliphatic heterocycles. The Morgan fingerprint density at radius 3 is 1.36 bits per heavy atom. The van der Waals surface area contributed by atoms with Gasteiger partial charge in [0.25, 0.3) is 0 Å². The van der Waals surface area contributed by atoms with Gasteiger partial charge in [0.1, 0.15) is 19.3 Å². The van der Waals surface area contributed by atoms with Crippen molar-refractivity contribution in [3.8, 4) is 0 Å².